The molecule has 1 amide bonds. The number of likely N-dealkylation sites (tertiary alicyclic amines) is 1. The van der Waals surface area contributed by atoms with Gasteiger partial charge in [0.1, 0.15) is 0 Å². The largest absolute Gasteiger partial charge is 0.493 e. The molecule has 1 aromatic rings. The normalized spacial score (nSPS) is 16.0. The minimum Gasteiger partial charge on any atom is -0.493 e. The predicted octanol–water partition coefficient (Wildman–Crippen LogP) is 2.70. The van der Waals surface area contributed by atoms with Crippen LogP contribution in [0.1, 0.15) is 43.5 Å². The van der Waals surface area contributed by atoms with Gasteiger partial charge in [0.05, 0.1) is 14.2 Å². The molecule has 0 aliphatic carbocycles. The smallest absolute Gasteiger partial charge is 0.251 e. The van der Waals surface area contributed by atoms with Crippen LogP contribution in [0.5, 0.6) is 11.5 Å². The van der Waals surface area contributed by atoms with Crippen LogP contribution in [-0.2, 0) is 0 Å². The summed E-state index contributed by atoms with van der Waals surface area (Å²) in [5.41, 5.74) is 0.546. The first-order chi connectivity index (χ1) is 11.0. The van der Waals surface area contributed by atoms with E-state index in [1.54, 1.807) is 32.4 Å². The molecule has 1 aliphatic heterocycles. The maximum Gasteiger partial charge on any atom is 0.251 e. The molecule has 1 heterocycles. The van der Waals surface area contributed by atoms with E-state index in [0.717, 1.165) is 13.1 Å². The number of piperidine rings is 1. The van der Waals surface area contributed by atoms with Gasteiger partial charge in [-0.1, -0.05) is 6.42 Å². The Morgan fingerprint density at radius 1 is 1.13 bits per heavy atom. The summed E-state index contributed by atoms with van der Waals surface area (Å²) in [6.45, 7) is 7.22. The number of carbonyl (C=O) groups is 1. The van der Waals surface area contributed by atoms with Crippen LogP contribution in [0, 0.1) is 0 Å². The van der Waals surface area contributed by atoms with Crippen molar-refractivity contribution in [3.8, 4) is 11.5 Å². The highest BCUT2D eigenvalue weighted by atomic mass is 16.5. The Morgan fingerprint density at radius 3 is 2.39 bits per heavy atom. The Kier molecular flexibility index (Phi) is 5.88. The van der Waals surface area contributed by atoms with Crippen LogP contribution in [0.25, 0.3) is 0 Å². The van der Waals surface area contributed by atoms with E-state index < -0.39 is 0 Å². The van der Waals surface area contributed by atoms with E-state index in [0.29, 0.717) is 23.6 Å². The van der Waals surface area contributed by atoms with Crippen LogP contribution < -0.4 is 14.8 Å². The number of nitrogens with zero attached hydrogens (tertiary/aromatic N) is 1. The van der Waals surface area contributed by atoms with Crippen molar-refractivity contribution in [3.63, 3.8) is 0 Å². The van der Waals surface area contributed by atoms with Gasteiger partial charge in [-0.05, 0) is 58.0 Å². The van der Waals surface area contributed by atoms with Crippen LogP contribution in [0.3, 0.4) is 0 Å². The zero-order valence-corrected chi connectivity index (χ0v) is 14.6. The second-order valence-electron chi connectivity index (χ2n) is 6.61. The van der Waals surface area contributed by atoms with Gasteiger partial charge in [0, 0.05) is 17.6 Å². The van der Waals surface area contributed by atoms with Crippen molar-refractivity contribution >= 4 is 5.91 Å². The molecule has 5 nitrogen and oxygen atoms in total. The summed E-state index contributed by atoms with van der Waals surface area (Å²) in [6, 6.07) is 5.22. The molecule has 5 heteroatoms. The summed E-state index contributed by atoms with van der Waals surface area (Å²) in [4.78, 5) is 14.9. The van der Waals surface area contributed by atoms with Gasteiger partial charge in [0.2, 0.25) is 0 Å². The minimum absolute atomic E-state index is 0.0351. The molecule has 1 saturated heterocycles. The van der Waals surface area contributed by atoms with Gasteiger partial charge >= 0.3 is 0 Å². The summed E-state index contributed by atoms with van der Waals surface area (Å²) in [7, 11) is 3.15. The molecule has 0 bridgehead atoms. The van der Waals surface area contributed by atoms with Crippen molar-refractivity contribution in [2.45, 2.75) is 38.6 Å². The standard InChI is InChI=1S/C18H28N2O3/c1-18(2,20-10-6-5-7-11-20)13-19-17(21)14-8-9-15(22-3)16(12-14)23-4/h8-9,12H,5-7,10-11,13H2,1-4H3,(H,19,21). The number of ether oxygens (including phenoxy) is 2. The Morgan fingerprint density at radius 2 is 1.78 bits per heavy atom. The Bertz CT molecular complexity index is 537. The fourth-order valence-corrected chi connectivity index (χ4v) is 2.99. The van der Waals surface area contributed by atoms with E-state index in [4.69, 9.17) is 9.47 Å². The highest BCUT2D eigenvalue weighted by Crippen LogP contribution is 2.27. The monoisotopic (exact) mass is 320 g/mol. The van der Waals surface area contributed by atoms with Crippen LogP contribution in [0.4, 0.5) is 0 Å². The van der Waals surface area contributed by atoms with Gasteiger partial charge in [-0.15, -0.1) is 0 Å². The van der Waals surface area contributed by atoms with Crippen molar-refractivity contribution in [3.05, 3.63) is 23.8 Å². The minimum atomic E-state index is -0.0870. The molecule has 0 spiro atoms. The van der Waals surface area contributed by atoms with E-state index in [2.05, 4.69) is 24.1 Å². The third-order valence-corrected chi connectivity index (χ3v) is 4.54. The van der Waals surface area contributed by atoms with Crippen LogP contribution in [0.15, 0.2) is 18.2 Å². The predicted molar refractivity (Wildman–Crippen MR) is 91.4 cm³/mol. The van der Waals surface area contributed by atoms with Crippen LogP contribution in [-0.4, -0.2) is 50.2 Å². The summed E-state index contributed by atoms with van der Waals surface area (Å²) < 4.78 is 10.5. The third-order valence-electron chi connectivity index (χ3n) is 4.54. The zero-order chi connectivity index (χ0) is 16.9. The third kappa shape index (κ3) is 4.38. The lowest BCUT2D eigenvalue weighted by molar-refractivity contribution is 0.0797. The van der Waals surface area contributed by atoms with Crippen LogP contribution >= 0.6 is 0 Å². The first-order valence-corrected chi connectivity index (χ1v) is 8.23. The molecule has 2 rings (SSSR count). The highest BCUT2D eigenvalue weighted by Gasteiger charge is 2.28. The van der Waals surface area contributed by atoms with E-state index in [9.17, 15) is 4.79 Å². The highest BCUT2D eigenvalue weighted by molar-refractivity contribution is 5.94. The van der Waals surface area contributed by atoms with Crippen molar-refractivity contribution in [1.82, 2.24) is 10.2 Å². The maximum absolute atomic E-state index is 12.4. The molecule has 1 aliphatic rings. The van der Waals surface area contributed by atoms with Crippen molar-refractivity contribution in [2.24, 2.45) is 0 Å². The van der Waals surface area contributed by atoms with Gasteiger partial charge < -0.3 is 14.8 Å². The molecular weight excluding hydrogens is 292 g/mol. The molecular formula is C18H28N2O3. The number of rotatable bonds is 6. The SMILES string of the molecule is COc1ccc(C(=O)NCC(C)(C)N2CCCCC2)cc1OC. The molecule has 1 fully saturated rings. The fourth-order valence-electron chi connectivity index (χ4n) is 2.99. The number of methoxy groups -OCH3 is 2. The lowest BCUT2D eigenvalue weighted by atomic mass is 9.98. The number of amides is 1. The lowest BCUT2D eigenvalue weighted by Gasteiger charge is -2.41. The Labute approximate surface area is 139 Å². The summed E-state index contributed by atoms with van der Waals surface area (Å²) in [6.07, 6.45) is 3.80. The average Bonchev–Trinajstić information content (AvgIpc) is 2.59. The van der Waals surface area contributed by atoms with E-state index in [1.165, 1.54) is 19.3 Å². The molecule has 0 saturated carbocycles. The average molecular weight is 320 g/mol. The molecule has 23 heavy (non-hydrogen) atoms. The molecule has 1 aromatic carbocycles. The number of benzene rings is 1. The van der Waals surface area contributed by atoms with E-state index in [1.807, 2.05) is 0 Å². The first-order valence-electron chi connectivity index (χ1n) is 8.23. The molecule has 0 radical (unpaired) electrons. The number of nitrogens with one attached hydrogen (secondary N) is 1. The van der Waals surface area contributed by atoms with Gasteiger partial charge in [-0.3, -0.25) is 9.69 Å². The quantitative estimate of drug-likeness (QED) is 0.875. The van der Waals surface area contributed by atoms with Gasteiger partial charge in [-0.25, -0.2) is 0 Å². The second-order valence-corrected chi connectivity index (χ2v) is 6.61. The van der Waals surface area contributed by atoms with Crippen molar-refractivity contribution in [1.29, 1.82) is 0 Å². The Balaban J connectivity index is 1.98. The Hall–Kier alpha value is -1.75. The molecule has 0 atom stereocenters. The second kappa shape index (κ2) is 7.68. The molecule has 0 unspecified atom stereocenters. The van der Waals surface area contributed by atoms with E-state index in [-0.39, 0.29) is 11.4 Å². The van der Waals surface area contributed by atoms with Gasteiger partial charge in [0.15, 0.2) is 11.5 Å². The maximum atomic E-state index is 12.4. The molecule has 1 N–H and O–H groups in total. The number of carbonyl (C=O) groups excluding carboxylic acids is 1. The van der Waals surface area contributed by atoms with E-state index >= 15 is 0 Å². The number of hydrogen-bond donors (Lipinski definition) is 1. The van der Waals surface area contributed by atoms with Gasteiger partial charge in [0.25, 0.3) is 5.91 Å². The van der Waals surface area contributed by atoms with Crippen molar-refractivity contribution < 1.29 is 14.3 Å². The summed E-state index contributed by atoms with van der Waals surface area (Å²) >= 11 is 0. The number of hydrogen-bond acceptors (Lipinski definition) is 4. The fraction of sp³-hybridized carbons (Fsp3) is 0.611. The molecule has 0 aromatic heterocycles. The summed E-state index contributed by atoms with van der Waals surface area (Å²) in [5, 5.41) is 3.05. The molecule has 128 valence electrons. The first kappa shape index (κ1) is 17.6. The zero-order valence-electron chi connectivity index (χ0n) is 14.6. The lowest BCUT2D eigenvalue weighted by Crippen LogP contribution is -2.53. The topological polar surface area (TPSA) is 50.8 Å². The summed E-state index contributed by atoms with van der Waals surface area (Å²) in [5.74, 6) is 1.10. The van der Waals surface area contributed by atoms with Crippen molar-refractivity contribution in [2.75, 3.05) is 33.9 Å². The van der Waals surface area contributed by atoms with Gasteiger partial charge in [-0.2, -0.15) is 0 Å². The van der Waals surface area contributed by atoms with Crippen LogP contribution in [0.2, 0.25) is 0 Å².